The molecular weight excluding hydrogens is 354 g/mol. The molecule has 1 atom stereocenters. The maximum absolute atomic E-state index is 12.3. The van der Waals surface area contributed by atoms with Gasteiger partial charge in [0.05, 0.1) is 6.04 Å². The summed E-state index contributed by atoms with van der Waals surface area (Å²) in [6, 6.07) is 12.3. The molecule has 1 aliphatic rings. The fourth-order valence-electron chi connectivity index (χ4n) is 2.74. The predicted molar refractivity (Wildman–Crippen MR) is 99.0 cm³/mol. The number of carbonyl (C=O) groups is 2. The average Bonchev–Trinajstić information content (AvgIpc) is 2.66. The zero-order valence-corrected chi connectivity index (χ0v) is 15.2. The van der Waals surface area contributed by atoms with E-state index < -0.39 is 0 Å². The summed E-state index contributed by atoms with van der Waals surface area (Å²) in [6.45, 7) is 2.87. The van der Waals surface area contributed by atoms with Gasteiger partial charge in [-0.1, -0.05) is 23.7 Å². The van der Waals surface area contributed by atoms with Gasteiger partial charge in [-0.2, -0.15) is 0 Å². The Morgan fingerprint density at radius 1 is 1.04 bits per heavy atom. The number of nitrogens with one attached hydrogen (secondary N) is 1. The molecule has 26 heavy (non-hydrogen) atoms. The van der Waals surface area contributed by atoms with Crippen molar-refractivity contribution in [2.45, 2.75) is 25.8 Å². The lowest BCUT2D eigenvalue weighted by atomic mass is 10.0. The van der Waals surface area contributed by atoms with Crippen LogP contribution in [-0.2, 0) is 4.79 Å². The third-order valence-electron chi connectivity index (χ3n) is 4.19. The second-order valence-electron chi connectivity index (χ2n) is 6.12. The number of hydrogen-bond acceptors (Lipinski definition) is 4. The van der Waals surface area contributed by atoms with Crippen LogP contribution in [0.1, 0.15) is 41.7 Å². The van der Waals surface area contributed by atoms with Gasteiger partial charge in [0.25, 0.3) is 0 Å². The number of hydrogen-bond donors (Lipinski definition) is 1. The molecule has 0 aliphatic carbocycles. The van der Waals surface area contributed by atoms with E-state index in [4.69, 9.17) is 21.1 Å². The van der Waals surface area contributed by atoms with Crippen LogP contribution in [0.15, 0.2) is 42.5 Å². The summed E-state index contributed by atoms with van der Waals surface area (Å²) in [5, 5.41) is 3.54. The van der Waals surface area contributed by atoms with Crippen molar-refractivity contribution in [3.63, 3.8) is 0 Å². The number of Topliss-reactive ketones (excluding diaryl/α,β-unsaturated/α-hetero) is 1. The minimum absolute atomic E-state index is 0.101. The average molecular weight is 374 g/mol. The standard InChI is InChI=1S/C20H20ClNO4/c1-13(14-2-5-16(21)6-3-14)22-20(24)9-7-17(23)15-4-8-18-19(12-15)26-11-10-25-18/h2-6,8,12-13H,7,9-11H2,1H3,(H,22,24). The van der Waals surface area contributed by atoms with Crippen LogP contribution >= 0.6 is 11.6 Å². The second kappa shape index (κ2) is 8.23. The van der Waals surface area contributed by atoms with E-state index in [2.05, 4.69) is 5.32 Å². The van der Waals surface area contributed by atoms with Gasteiger partial charge in [-0.05, 0) is 42.8 Å². The highest BCUT2D eigenvalue weighted by Crippen LogP contribution is 2.31. The number of amides is 1. The normalized spacial score (nSPS) is 13.8. The highest BCUT2D eigenvalue weighted by molar-refractivity contribution is 6.30. The number of ether oxygens (including phenoxy) is 2. The molecular formula is C20H20ClNO4. The van der Waals surface area contributed by atoms with E-state index >= 15 is 0 Å². The Morgan fingerprint density at radius 3 is 2.46 bits per heavy atom. The van der Waals surface area contributed by atoms with Crippen molar-refractivity contribution in [3.05, 3.63) is 58.6 Å². The molecule has 0 bridgehead atoms. The molecule has 136 valence electrons. The van der Waals surface area contributed by atoms with Crippen molar-refractivity contribution >= 4 is 23.3 Å². The van der Waals surface area contributed by atoms with E-state index in [0.717, 1.165) is 5.56 Å². The lowest BCUT2D eigenvalue weighted by Crippen LogP contribution is -2.26. The molecule has 5 nitrogen and oxygen atoms in total. The van der Waals surface area contributed by atoms with E-state index in [0.29, 0.717) is 35.3 Å². The van der Waals surface area contributed by atoms with Crippen molar-refractivity contribution in [1.29, 1.82) is 0 Å². The summed E-state index contributed by atoms with van der Waals surface area (Å²) < 4.78 is 10.9. The molecule has 1 unspecified atom stereocenters. The van der Waals surface area contributed by atoms with E-state index in [9.17, 15) is 9.59 Å². The van der Waals surface area contributed by atoms with Crippen LogP contribution < -0.4 is 14.8 Å². The van der Waals surface area contributed by atoms with Crippen molar-refractivity contribution in [3.8, 4) is 11.5 Å². The predicted octanol–water partition coefficient (Wildman–Crippen LogP) is 3.95. The van der Waals surface area contributed by atoms with Gasteiger partial charge >= 0.3 is 0 Å². The summed E-state index contributed by atoms with van der Waals surface area (Å²) >= 11 is 5.87. The molecule has 0 aromatic heterocycles. The van der Waals surface area contributed by atoms with E-state index in [-0.39, 0.29) is 30.6 Å². The Kier molecular flexibility index (Phi) is 5.78. The van der Waals surface area contributed by atoms with E-state index in [1.54, 1.807) is 30.3 Å². The number of halogens is 1. The van der Waals surface area contributed by atoms with Gasteiger partial charge in [0, 0.05) is 23.4 Å². The quantitative estimate of drug-likeness (QED) is 0.778. The molecule has 2 aromatic carbocycles. The lowest BCUT2D eigenvalue weighted by Gasteiger charge is -2.18. The Bertz CT molecular complexity index is 804. The number of fused-ring (bicyclic) bond motifs is 1. The van der Waals surface area contributed by atoms with Gasteiger partial charge < -0.3 is 14.8 Å². The zero-order valence-electron chi connectivity index (χ0n) is 14.5. The molecule has 3 rings (SSSR count). The molecule has 1 heterocycles. The fraction of sp³-hybridized carbons (Fsp3) is 0.300. The molecule has 2 aromatic rings. The minimum atomic E-state index is -0.168. The van der Waals surface area contributed by atoms with Gasteiger partial charge in [-0.15, -0.1) is 0 Å². The molecule has 0 spiro atoms. The Morgan fingerprint density at radius 2 is 1.73 bits per heavy atom. The van der Waals surface area contributed by atoms with Gasteiger partial charge in [-0.25, -0.2) is 0 Å². The first-order chi connectivity index (χ1) is 12.5. The van der Waals surface area contributed by atoms with Crippen LogP contribution in [0.3, 0.4) is 0 Å². The largest absolute Gasteiger partial charge is 0.486 e. The van der Waals surface area contributed by atoms with Crippen molar-refractivity contribution in [1.82, 2.24) is 5.32 Å². The monoisotopic (exact) mass is 373 g/mol. The first-order valence-corrected chi connectivity index (χ1v) is 8.88. The summed E-state index contributed by atoms with van der Waals surface area (Å²) in [5.74, 6) is 0.944. The summed E-state index contributed by atoms with van der Waals surface area (Å²) in [6.07, 6.45) is 0.268. The van der Waals surface area contributed by atoms with Crippen LogP contribution in [0, 0.1) is 0 Å². The van der Waals surface area contributed by atoms with Gasteiger partial charge in [0.15, 0.2) is 17.3 Å². The van der Waals surface area contributed by atoms with E-state index in [1.165, 1.54) is 0 Å². The van der Waals surface area contributed by atoms with Crippen molar-refractivity contribution in [2.24, 2.45) is 0 Å². The Balaban J connectivity index is 1.52. The van der Waals surface area contributed by atoms with Crippen LogP contribution in [0.4, 0.5) is 0 Å². The maximum Gasteiger partial charge on any atom is 0.220 e. The second-order valence-corrected chi connectivity index (χ2v) is 6.56. The van der Waals surface area contributed by atoms with Crippen molar-refractivity contribution < 1.29 is 19.1 Å². The number of benzene rings is 2. The number of rotatable bonds is 6. The fourth-order valence-corrected chi connectivity index (χ4v) is 2.86. The van der Waals surface area contributed by atoms with Crippen LogP contribution in [0.25, 0.3) is 0 Å². The number of ketones is 1. The summed E-state index contributed by atoms with van der Waals surface area (Å²) in [4.78, 5) is 24.5. The van der Waals surface area contributed by atoms with Gasteiger partial charge in [0.2, 0.25) is 5.91 Å². The molecule has 1 amide bonds. The molecule has 0 radical (unpaired) electrons. The zero-order chi connectivity index (χ0) is 18.5. The Hall–Kier alpha value is -2.53. The molecule has 0 saturated heterocycles. The van der Waals surface area contributed by atoms with Gasteiger partial charge in [0.1, 0.15) is 13.2 Å². The first-order valence-electron chi connectivity index (χ1n) is 8.50. The van der Waals surface area contributed by atoms with E-state index in [1.807, 2.05) is 19.1 Å². The summed E-state index contributed by atoms with van der Waals surface area (Å²) in [7, 11) is 0. The molecule has 0 saturated carbocycles. The smallest absolute Gasteiger partial charge is 0.220 e. The third kappa shape index (κ3) is 4.55. The molecule has 6 heteroatoms. The molecule has 1 N–H and O–H groups in total. The topological polar surface area (TPSA) is 64.6 Å². The highest BCUT2D eigenvalue weighted by Gasteiger charge is 2.16. The molecule has 0 fully saturated rings. The summed E-state index contributed by atoms with van der Waals surface area (Å²) in [5.41, 5.74) is 1.48. The third-order valence-corrected chi connectivity index (χ3v) is 4.44. The lowest BCUT2D eigenvalue weighted by molar-refractivity contribution is -0.121. The van der Waals surface area contributed by atoms with Crippen molar-refractivity contribution in [2.75, 3.05) is 13.2 Å². The first kappa shape index (κ1) is 18.3. The van der Waals surface area contributed by atoms with Crippen LogP contribution in [0.5, 0.6) is 11.5 Å². The minimum Gasteiger partial charge on any atom is -0.486 e. The van der Waals surface area contributed by atoms with Crippen LogP contribution in [-0.4, -0.2) is 24.9 Å². The highest BCUT2D eigenvalue weighted by atomic mass is 35.5. The molecule has 1 aliphatic heterocycles. The Labute approximate surface area is 157 Å². The van der Waals surface area contributed by atoms with Gasteiger partial charge in [-0.3, -0.25) is 9.59 Å². The number of carbonyl (C=O) groups excluding carboxylic acids is 2. The van der Waals surface area contributed by atoms with Crippen LogP contribution in [0.2, 0.25) is 5.02 Å². The maximum atomic E-state index is 12.3. The SMILES string of the molecule is CC(NC(=O)CCC(=O)c1ccc2c(c1)OCCO2)c1ccc(Cl)cc1.